The van der Waals surface area contributed by atoms with Crippen LogP contribution in [0, 0.1) is 0 Å². The minimum atomic E-state index is -4.62. The van der Waals surface area contributed by atoms with Crippen LogP contribution in [0.4, 0.5) is 13.2 Å². The molecule has 0 heterocycles. The van der Waals surface area contributed by atoms with Gasteiger partial charge in [-0.25, -0.2) is 21.6 Å². The summed E-state index contributed by atoms with van der Waals surface area (Å²) >= 11 is 0. The first kappa shape index (κ1) is 16.0. The minimum absolute atomic E-state index is 0.153. The summed E-state index contributed by atoms with van der Waals surface area (Å²) < 4.78 is 60.5. The fraction of sp³-hybridized carbons (Fsp3) is 0.538. The highest BCUT2D eigenvalue weighted by atomic mass is 32.2. The Morgan fingerprint density at radius 3 is 1.95 bits per heavy atom. The van der Waals surface area contributed by atoms with Crippen molar-refractivity contribution in [1.82, 2.24) is 0 Å². The summed E-state index contributed by atoms with van der Waals surface area (Å²) in [5, 5.41) is 0. The highest BCUT2D eigenvalue weighted by Crippen LogP contribution is 2.29. The van der Waals surface area contributed by atoms with E-state index in [9.17, 15) is 21.6 Å². The molecule has 1 aromatic carbocycles. The van der Waals surface area contributed by atoms with Crippen LogP contribution >= 0.6 is 0 Å². The third kappa shape index (κ3) is 3.29. The summed E-state index contributed by atoms with van der Waals surface area (Å²) in [4.78, 5) is -0.420. The van der Waals surface area contributed by atoms with Gasteiger partial charge in [0.25, 0.3) is 11.9 Å². The average molecular weight is 294 g/mol. The summed E-state index contributed by atoms with van der Waals surface area (Å²) in [5.41, 5.74) is -2.46. The molecule has 6 heteroatoms. The van der Waals surface area contributed by atoms with Crippen molar-refractivity contribution in [2.75, 3.05) is 0 Å². The molecule has 2 nitrogen and oxygen atoms in total. The molecule has 0 aliphatic carbocycles. The van der Waals surface area contributed by atoms with Crippen molar-refractivity contribution in [2.24, 2.45) is 0 Å². The van der Waals surface area contributed by atoms with Gasteiger partial charge in [-0.15, -0.1) is 0 Å². The number of benzene rings is 1. The molecule has 0 radical (unpaired) electrons. The Hall–Kier alpha value is -1.04. The zero-order valence-corrected chi connectivity index (χ0v) is 11.8. The van der Waals surface area contributed by atoms with Gasteiger partial charge in [0.15, 0.2) is 0 Å². The van der Waals surface area contributed by atoms with Gasteiger partial charge in [-0.3, -0.25) is 0 Å². The largest absolute Gasteiger partial charge is 0.284 e. The highest BCUT2D eigenvalue weighted by Gasteiger charge is 2.35. The monoisotopic (exact) mass is 294 g/mol. The van der Waals surface area contributed by atoms with Crippen molar-refractivity contribution >= 4 is 9.84 Å². The predicted octanol–water partition coefficient (Wildman–Crippen LogP) is 3.71. The van der Waals surface area contributed by atoms with Gasteiger partial charge < -0.3 is 0 Å². The molecule has 1 unspecified atom stereocenters. The van der Waals surface area contributed by atoms with Crippen LogP contribution in [0.1, 0.15) is 32.8 Å². The maximum absolute atomic E-state index is 13.1. The van der Waals surface area contributed by atoms with Crippen molar-refractivity contribution in [3.8, 4) is 0 Å². The maximum Gasteiger partial charge on any atom is 0.284 e. The van der Waals surface area contributed by atoms with Crippen LogP contribution in [0.2, 0.25) is 0 Å². The van der Waals surface area contributed by atoms with Crippen LogP contribution in [-0.2, 0) is 15.3 Å². The van der Waals surface area contributed by atoms with Crippen molar-refractivity contribution in [3.05, 3.63) is 29.8 Å². The van der Waals surface area contributed by atoms with E-state index in [2.05, 4.69) is 0 Å². The number of hydrogen-bond donors (Lipinski definition) is 0. The molecule has 0 aliphatic heterocycles. The molecule has 108 valence electrons. The highest BCUT2D eigenvalue weighted by molar-refractivity contribution is 7.92. The molecular weight excluding hydrogens is 277 g/mol. The van der Waals surface area contributed by atoms with E-state index in [1.165, 1.54) is 24.3 Å². The quantitative estimate of drug-likeness (QED) is 0.829. The van der Waals surface area contributed by atoms with E-state index in [0.717, 1.165) is 12.0 Å². The Kier molecular flexibility index (Phi) is 4.66. The first-order valence-electron chi connectivity index (χ1n) is 5.89. The lowest BCUT2D eigenvalue weighted by Crippen LogP contribution is -2.24. The van der Waals surface area contributed by atoms with Crippen molar-refractivity contribution < 1.29 is 21.6 Å². The zero-order chi connectivity index (χ0) is 14.8. The summed E-state index contributed by atoms with van der Waals surface area (Å²) in [6.45, 7) is 5.94. The van der Waals surface area contributed by atoms with Crippen LogP contribution in [0.3, 0.4) is 0 Å². The van der Waals surface area contributed by atoms with E-state index in [0.29, 0.717) is 0 Å². The second-order valence-corrected chi connectivity index (χ2v) is 7.00. The predicted molar refractivity (Wildman–Crippen MR) is 67.8 cm³/mol. The SMILES string of the molecule is CCC(C)(C)c1ccc(S(=O)(=O)C(F)C(F)F)cc1. The van der Waals surface area contributed by atoms with Crippen molar-refractivity contribution in [3.63, 3.8) is 0 Å². The van der Waals surface area contributed by atoms with E-state index in [4.69, 9.17) is 0 Å². The van der Waals surface area contributed by atoms with E-state index in [1.54, 1.807) is 0 Å². The second kappa shape index (κ2) is 5.53. The molecule has 0 bridgehead atoms. The summed E-state index contributed by atoms with van der Waals surface area (Å²) in [5.74, 6) is 0. The topological polar surface area (TPSA) is 34.1 Å². The summed E-state index contributed by atoms with van der Waals surface area (Å²) in [6.07, 6.45) is -2.71. The van der Waals surface area contributed by atoms with Gasteiger partial charge in [-0.2, -0.15) is 0 Å². The maximum atomic E-state index is 13.1. The van der Waals surface area contributed by atoms with Gasteiger partial charge in [0.1, 0.15) is 0 Å². The molecule has 1 rings (SSSR count). The fourth-order valence-electron chi connectivity index (χ4n) is 1.57. The Bertz CT molecular complexity index is 521. The lowest BCUT2D eigenvalue weighted by Gasteiger charge is -2.23. The molecule has 19 heavy (non-hydrogen) atoms. The molecule has 0 saturated heterocycles. The lowest BCUT2D eigenvalue weighted by molar-refractivity contribution is 0.0902. The van der Waals surface area contributed by atoms with E-state index >= 15 is 0 Å². The standard InChI is InChI=1S/C13H17F3O2S/c1-4-13(2,3)9-5-7-10(8-6-9)19(17,18)12(16)11(14)15/h5-8,11-12H,4H2,1-3H3. The summed E-state index contributed by atoms with van der Waals surface area (Å²) in [6, 6.07) is 5.43. The first-order valence-corrected chi connectivity index (χ1v) is 7.44. The third-order valence-corrected chi connectivity index (χ3v) is 5.07. The van der Waals surface area contributed by atoms with Crippen LogP contribution in [0.25, 0.3) is 0 Å². The average Bonchev–Trinajstić information content (AvgIpc) is 2.37. The van der Waals surface area contributed by atoms with Gasteiger partial charge in [-0.05, 0) is 29.5 Å². The van der Waals surface area contributed by atoms with Crippen LogP contribution in [0.15, 0.2) is 29.2 Å². The van der Waals surface area contributed by atoms with E-state index < -0.39 is 26.7 Å². The molecule has 1 aromatic rings. The van der Waals surface area contributed by atoms with Gasteiger partial charge in [0.05, 0.1) is 4.90 Å². The number of sulfone groups is 1. The van der Waals surface area contributed by atoms with Gasteiger partial charge in [0.2, 0.25) is 9.84 Å². The molecule has 1 atom stereocenters. The van der Waals surface area contributed by atoms with E-state index in [1.807, 2.05) is 20.8 Å². The summed E-state index contributed by atoms with van der Waals surface area (Å²) in [7, 11) is -4.62. The van der Waals surface area contributed by atoms with Gasteiger partial charge >= 0.3 is 0 Å². The molecular formula is C13H17F3O2S. The Morgan fingerprint density at radius 2 is 1.58 bits per heavy atom. The Labute approximate surface area is 111 Å². The number of halogens is 3. The molecule has 0 aromatic heterocycles. The molecule has 0 aliphatic rings. The molecule has 0 amide bonds. The fourth-order valence-corrected chi connectivity index (χ4v) is 2.61. The smallest absolute Gasteiger partial charge is 0.223 e. The third-order valence-electron chi connectivity index (χ3n) is 3.34. The molecule has 0 N–H and O–H groups in total. The van der Waals surface area contributed by atoms with Gasteiger partial charge in [-0.1, -0.05) is 32.9 Å². The number of alkyl halides is 3. The van der Waals surface area contributed by atoms with Crippen LogP contribution in [-0.4, -0.2) is 20.3 Å². The number of rotatable bonds is 5. The molecule has 0 spiro atoms. The van der Waals surface area contributed by atoms with E-state index in [-0.39, 0.29) is 5.41 Å². The first-order chi connectivity index (χ1) is 8.63. The lowest BCUT2D eigenvalue weighted by atomic mass is 9.82. The van der Waals surface area contributed by atoms with Gasteiger partial charge in [0, 0.05) is 0 Å². The van der Waals surface area contributed by atoms with Crippen molar-refractivity contribution in [2.45, 2.75) is 49.4 Å². The molecule has 0 fully saturated rings. The Morgan fingerprint density at radius 1 is 1.11 bits per heavy atom. The minimum Gasteiger partial charge on any atom is -0.223 e. The zero-order valence-electron chi connectivity index (χ0n) is 11.0. The second-order valence-electron chi connectivity index (χ2n) is 4.99. The number of hydrogen-bond acceptors (Lipinski definition) is 2. The molecule has 0 saturated carbocycles. The van der Waals surface area contributed by atoms with Crippen molar-refractivity contribution in [1.29, 1.82) is 0 Å². The van der Waals surface area contributed by atoms with Crippen LogP contribution < -0.4 is 0 Å². The normalized spacial score (nSPS) is 14.7. The van der Waals surface area contributed by atoms with Crippen LogP contribution in [0.5, 0.6) is 0 Å². The Balaban J connectivity index is 3.13.